The minimum Gasteiger partial charge on any atom is -0.459 e. The normalized spacial score (nSPS) is 10.9. The van der Waals surface area contributed by atoms with Crippen molar-refractivity contribution in [2.75, 3.05) is 11.1 Å². The fourth-order valence-electron chi connectivity index (χ4n) is 2.15. The number of anilines is 2. The molecule has 25 heavy (non-hydrogen) atoms. The molecule has 1 aromatic carbocycles. The number of allylic oxidation sites excluding steroid dienone is 1. The van der Waals surface area contributed by atoms with Crippen molar-refractivity contribution in [1.29, 1.82) is 5.41 Å². The lowest BCUT2D eigenvalue weighted by Gasteiger charge is -2.10. The summed E-state index contributed by atoms with van der Waals surface area (Å²) in [6.45, 7) is 0. The number of furan rings is 1. The van der Waals surface area contributed by atoms with Gasteiger partial charge in [-0.05, 0) is 47.9 Å². The SMILES string of the molecule is N=C(/C=C/c1cccs1)c1cc(NC(=O)c2ccco2)c(F)cc1N. The number of rotatable bonds is 5. The van der Waals surface area contributed by atoms with Gasteiger partial charge in [0.25, 0.3) is 5.91 Å². The maximum Gasteiger partial charge on any atom is 0.291 e. The molecule has 0 bridgehead atoms. The average molecular weight is 355 g/mol. The highest BCUT2D eigenvalue weighted by Crippen LogP contribution is 2.24. The molecule has 0 aliphatic heterocycles. The van der Waals surface area contributed by atoms with E-state index in [0.717, 1.165) is 10.9 Å². The standard InChI is InChI=1S/C18H14FN3O2S/c19-13-10-15(21)12(14(20)6-5-11-3-2-8-25-11)9-16(13)22-18(23)17-4-1-7-24-17/h1-10,20H,21H2,(H,22,23)/b6-5+,20-14?. The smallest absolute Gasteiger partial charge is 0.291 e. The number of thiophene rings is 1. The summed E-state index contributed by atoms with van der Waals surface area (Å²) >= 11 is 1.53. The predicted octanol–water partition coefficient (Wildman–Crippen LogP) is 4.40. The van der Waals surface area contributed by atoms with E-state index in [9.17, 15) is 9.18 Å². The third kappa shape index (κ3) is 3.84. The topological polar surface area (TPSA) is 92.1 Å². The van der Waals surface area contributed by atoms with Gasteiger partial charge in [-0.1, -0.05) is 6.07 Å². The largest absolute Gasteiger partial charge is 0.459 e. The second-order valence-electron chi connectivity index (χ2n) is 5.11. The van der Waals surface area contributed by atoms with Crippen LogP contribution in [0, 0.1) is 11.2 Å². The van der Waals surface area contributed by atoms with Crippen molar-refractivity contribution in [3.8, 4) is 0 Å². The molecular formula is C18H14FN3O2S. The Morgan fingerprint density at radius 3 is 2.84 bits per heavy atom. The van der Waals surface area contributed by atoms with Gasteiger partial charge in [0.1, 0.15) is 5.82 Å². The summed E-state index contributed by atoms with van der Waals surface area (Å²) < 4.78 is 19.1. The molecule has 3 rings (SSSR count). The first-order valence-electron chi connectivity index (χ1n) is 7.29. The number of nitrogen functional groups attached to an aromatic ring is 1. The lowest BCUT2D eigenvalue weighted by atomic mass is 10.1. The van der Waals surface area contributed by atoms with Crippen LogP contribution in [-0.4, -0.2) is 11.6 Å². The highest BCUT2D eigenvalue weighted by Gasteiger charge is 2.15. The summed E-state index contributed by atoms with van der Waals surface area (Å²) in [5.74, 6) is -1.21. The van der Waals surface area contributed by atoms with Crippen molar-refractivity contribution in [3.05, 3.63) is 76.1 Å². The van der Waals surface area contributed by atoms with E-state index in [4.69, 9.17) is 15.6 Å². The van der Waals surface area contributed by atoms with Crippen LogP contribution in [0.5, 0.6) is 0 Å². The minimum atomic E-state index is -0.684. The van der Waals surface area contributed by atoms with Crippen molar-refractivity contribution in [2.45, 2.75) is 0 Å². The molecule has 0 atom stereocenters. The fraction of sp³-hybridized carbons (Fsp3) is 0. The number of halogens is 1. The van der Waals surface area contributed by atoms with Crippen LogP contribution in [0.25, 0.3) is 6.08 Å². The number of nitrogens with one attached hydrogen (secondary N) is 2. The Hall–Kier alpha value is -3.19. The molecule has 1 amide bonds. The molecule has 0 saturated heterocycles. The van der Waals surface area contributed by atoms with Gasteiger partial charge in [0, 0.05) is 16.1 Å². The number of hydrogen-bond acceptors (Lipinski definition) is 5. The van der Waals surface area contributed by atoms with Crippen LogP contribution in [0.2, 0.25) is 0 Å². The summed E-state index contributed by atoms with van der Waals surface area (Å²) in [7, 11) is 0. The summed E-state index contributed by atoms with van der Waals surface area (Å²) in [6.07, 6.45) is 4.70. The van der Waals surface area contributed by atoms with Gasteiger partial charge < -0.3 is 20.9 Å². The molecule has 4 N–H and O–H groups in total. The van der Waals surface area contributed by atoms with Crippen LogP contribution >= 0.6 is 11.3 Å². The van der Waals surface area contributed by atoms with Gasteiger partial charge in [0.05, 0.1) is 17.7 Å². The van der Waals surface area contributed by atoms with E-state index < -0.39 is 11.7 Å². The van der Waals surface area contributed by atoms with E-state index in [1.807, 2.05) is 17.5 Å². The number of amides is 1. The van der Waals surface area contributed by atoms with Gasteiger partial charge in [0.15, 0.2) is 5.76 Å². The van der Waals surface area contributed by atoms with E-state index in [0.29, 0.717) is 5.56 Å². The second kappa shape index (κ2) is 7.14. The van der Waals surface area contributed by atoms with Crippen LogP contribution in [0.1, 0.15) is 21.0 Å². The molecule has 3 aromatic rings. The Labute approximate surface area is 147 Å². The van der Waals surface area contributed by atoms with Gasteiger partial charge >= 0.3 is 0 Å². The summed E-state index contributed by atoms with van der Waals surface area (Å²) in [5, 5.41) is 12.5. The van der Waals surface area contributed by atoms with Crippen molar-refractivity contribution < 1.29 is 13.6 Å². The highest BCUT2D eigenvalue weighted by molar-refractivity contribution is 7.10. The summed E-state index contributed by atoms with van der Waals surface area (Å²) in [4.78, 5) is 13.0. The average Bonchev–Trinajstić information content (AvgIpc) is 3.28. The fourth-order valence-corrected chi connectivity index (χ4v) is 2.77. The Balaban J connectivity index is 1.85. The summed E-state index contributed by atoms with van der Waals surface area (Å²) in [6, 6.07) is 9.27. The maximum atomic E-state index is 14.1. The molecule has 0 fully saturated rings. The van der Waals surface area contributed by atoms with Gasteiger partial charge in [-0.3, -0.25) is 4.79 Å². The van der Waals surface area contributed by atoms with Crippen molar-refractivity contribution >= 4 is 40.4 Å². The zero-order valence-electron chi connectivity index (χ0n) is 13.0. The van der Waals surface area contributed by atoms with Crippen molar-refractivity contribution in [1.82, 2.24) is 0 Å². The molecule has 2 aromatic heterocycles. The first-order valence-corrected chi connectivity index (χ1v) is 8.17. The lowest BCUT2D eigenvalue weighted by Crippen LogP contribution is -2.13. The molecule has 7 heteroatoms. The van der Waals surface area contributed by atoms with Crippen LogP contribution in [0.15, 0.2) is 58.5 Å². The Morgan fingerprint density at radius 1 is 1.32 bits per heavy atom. The molecule has 0 unspecified atom stereocenters. The predicted molar refractivity (Wildman–Crippen MR) is 97.7 cm³/mol. The number of nitrogens with two attached hydrogens (primary N) is 1. The van der Waals surface area contributed by atoms with Gasteiger partial charge in [-0.2, -0.15) is 0 Å². The maximum absolute atomic E-state index is 14.1. The van der Waals surface area contributed by atoms with E-state index in [1.165, 1.54) is 29.7 Å². The molecule has 0 aliphatic rings. The van der Waals surface area contributed by atoms with Crippen LogP contribution in [0.3, 0.4) is 0 Å². The number of hydrogen-bond donors (Lipinski definition) is 3. The molecule has 5 nitrogen and oxygen atoms in total. The van der Waals surface area contributed by atoms with Gasteiger partial charge in [0.2, 0.25) is 0 Å². The molecule has 126 valence electrons. The first kappa shape index (κ1) is 16.7. The number of carbonyl (C=O) groups is 1. The Morgan fingerprint density at radius 2 is 2.16 bits per heavy atom. The van der Waals surface area contributed by atoms with Crippen LogP contribution in [0.4, 0.5) is 15.8 Å². The molecule has 0 saturated carbocycles. The third-order valence-corrected chi connectivity index (χ3v) is 4.22. The van der Waals surface area contributed by atoms with E-state index in [1.54, 1.807) is 18.2 Å². The molecule has 0 aliphatic carbocycles. The number of benzene rings is 1. The van der Waals surface area contributed by atoms with E-state index >= 15 is 0 Å². The van der Waals surface area contributed by atoms with E-state index in [-0.39, 0.29) is 22.8 Å². The zero-order chi connectivity index (χ0) is 17.8. The van der Waals surface area contributed by atoms with Gasteiger partial charge in [-0.25, -0.2) is 4.39 Å². The monoisotopic (exact) mass is 355 g/mol. The second-order valence-corrected chi connectivity index (χ2v) is 6.09. The minimum absolute atomic E-state index is 0.0606. The number of carbonyl (C=O) groups excluding carboxylic acids is 1. The molecule has 0 radical (unpaired) electrons. The van der Waals surface area contributed by atoms with Crippen molar-refractivity contribution in [3.63, 3.8) is 0 Å². The first-order chi connectivity index (χ1) is 12.0. The van der Waals surface area contributed by atoms with Crippen molar-refractivity contribution in [2.24, 2.45) is 0 Å². The lowest BCUT2D eigenvalue weighted by molar-refractivity contribution is 0.0996. The highest BCUT2D eigenvalue weighted by atomic mass is 32.1. The Kier molecular flexibility index (Phi) is 4.76. The summed E-state index contributed by atoms with van der Waals surface area (Å²) in [5.41, 5.74) is 6.31. The van der Waals surface area contributed by atoms with Crippen LogP contribution in [-0.2, 0) is 0 Å². The van der Waals surface area contributed by atoms with E-state index in [2.05, 4.69) is 5.32 Å². The third-order valence-electron chi connectivity index (χ3n) is 3.38. The Bertz CT molecular complexity index is 932. The van der Waals surface area contributed by atoms with Gasteiger partial charge in [-0.15, -0.1) is 11.3 Å². The molecular weight excluding hydrogens is 341 g/mol. The molecule has 2 heterocycles. The zero-order valence-corrected chi connectivity index (χ0v) is 13.8. The molecule has 0 spiro atoms. The quantitative estimate of drug-likeness (QED) is 0.468. The van der Waals surface area contributed by atoms with Crippen LogP contribution < -0.4 is 11.1 Å².